The zero-order valence-electron chi connectivity index (χ0n) is 10.8. The van der Waals surface area contributed by atoms with E-state index < -0.39 is 0 Å². The monoisotopic (exact) mass is 221 g/mol. The normalized spacial score (nSPS) is 18.5. The van der Waals surface area contributed by atoms with Crippen molar-refractivity contribution < 1.29 is 0 Å². The Morgan fingerprint density at radius 1 is 1.50 bits per heavy atom. The van der Waals surface area contributed by atoms with Crippen LogP contribution in [0.3, 0.4) is 0 Å². The first kappa shape index (κ1) is 11.5. The fourth-order valence-electron chi connectivity index (χ4n) is 1.96. The van der Waals surface area contributed by atoms with Crippen molar-refractivity contribution in [1.82, 2.24) is 9.78 Å². The third kappa shape index (κ3) is 3.00. The minimum absolute atomic E-state index is 0.0691. The molecule has 1 aliphatic carbocycles. The molecule has 1 fully saturated rings. The van der Waals surface area contributed by atoms with Gasteiger partial charge in [0.05, 0.1) is 17.4 Å². The second kappa shape index (κ2) is 4.11. The minimum Gasteiger partial charge on any atom is -0.380 e. The molecule has 0 aliphatic heterocycles. The summed E-state index contributed by atoms with van der Waals surface area (Å²) in [6.07, 6.45) is 8.17. The average molecular weight is 221 g/mol. The molecule has 0 saturated heterocycles. The van der Waals surface area contributed by atoms with Crippen LogP contribution in [-0.4, -0.2) is 15.8 Å². The van der Waals surface area contributed by atoms with Gasteiger partial charge in [0.2, 0.25) is 0 Å². The fourth-order valence-corrected chi connectivity index (χ4v) is 1.96. The Labute approximate surface area is 98.2 Å². The molecule has 16 heavy (non-hydrogen) atoms. The van der Waals surface area contributed by atoms with Gasteiger partial charge in [0, 0.05) is 12.2 Å². The quantitative estimate of drug-likeness (QED) is 0.846. The van der Waals surface area contributed by atoms with Crippen LogP contribution in [0.2, 0.25) is 0 Å². The molecular formula is C13H23N3. The van der Waals surface area contributed by atoms with E-state index in [0.29, 0.717) is 6.04 Å². The third-order valence-electron chi connectivity index (χ3n) is 3.07. The van der Waals surface area contributed by atoms with E-state index in [4.69, 9.17) is 0 Å². The van der Waals surface area contributed by atoms with Crippen LogP contribution < -0.4 is 5.32 Å². The minimum atomic E-state index is 0.0691. The van der Waals surface area contributed by atoms with Crippen molar-refractivity contribution in [2.24, 2.45) is 5.92 Å². The molecule has 1 aliphatic rings. The summed E-state index contributed by atoms with van der Waals surface area (Å²) >= 11 is 0. The van der Waals surface area contributed by atoms with Gasteiger partial charge in [-0.3, -0.25) is 4.68 Å². The van der Waals surface area contributed by atoms with Gasteiger partial charge in [-0.1, -0.05) is 12.8 Å². The molecule has 0 bridgehead atoms. The number of aromatic nitrogens is 2. The Morgan fingerprint density at radius 2 is 2.19 bits per heavy atom. The molecular weight excluding hydrogens is 198 g/mol. The van der Waals surface area contributed by atoms with Crippen LogP contribution in [0.5, 0.6) is 0 Å². The number of nitrogens with one attached hydrogen (secondary N) is 1. The molecule has 0 aromatic carbocycles. The van der Waals surface area contributed by atoms with Crippen molar-refractivity contribution in [3.63, 3.8) is 0 Å². The molecule has 3 heteroatoms. The lowest BCUT2D eigenvalue weighted by molar-refractivity contribution is 0.355. The summed E-state index contributed by atoms with van der Waals surface area (Å²) in [4.78, 5) is 0. The van der Waals surface area contributed by atoms with Crippen LogP contribution in [-0.2, 0) is 5.54 Å². The van der Waals surface area contributed by atoms with Crippen LogP contribution in [0.4, 0.5) is 5.69 Å². The summed E-state index contributed by atoms with van der Waals surface area (Å²) < 4.78 is 2.01. The van der Waals surface area contributed by atoms with Gasteiger partial charge in [-0.15, -0.1) is 0 Å². The average Bonchev–Trinajstić information content (AvgIpc) is 2.80. The zero-order valence-corrected chi connectivity index (χ0v) is 10.8. The van der Waals surface area contributed by atoms with Gasteiger partial charge in [-0.05, 0) is 40.0 Å². The molecule has 1 aromatic rings. The number of hydrogen-bond acceptors (Lipinski definition) is 2. The first-order valence-electron chi connectivity index (χ1n) is 6.27. The van der Waals surface area contributed by atoms with E-state index in [1.54, 1.807) is 0 Å². The largest absolute Gasteiger partial charge is 0.380 e. The second-order valence-corrected chi connectivity index (χ2v) is 6.07. The Bertz CT molecular complexity index is 344. The molecule has 0 spiro atoms. The highest BCUT2D eigenvalue weighted by atomic mass is 15.3. The summed E-state index contributed by atoms with van der Waals surface area (Å²) in [5, 5.41) is 7.91. The Kier molecular flexibility index (Phi) is 2.96. The smallest absolute Gasteiger partial charge is 0.0728 e. The van der Waals surface area contributed by atoms with Gasteiger partial charge in [-0.25, -0.2) is 0 Å². The third-order valence-corrected chi connectivity index (χ3v) is 3.07. The zero-order chi connectivity index (χ0) is 11.8. The molecule has 0 radical (unpaired) electrons. The molecule has 1 saturated carbocycles. The van der Waals surface area contributed by atoms with E-state index >= 15 is 0 Å². The lowest BCUT2D eigenvalue weighted by Crippen LogP contribution is -2.22. The highest BCUT2D eigenvalue weighted by Crippen LogP contribution is 2.34. The molecule has 1 heterocycles. The van der Waals surface area contributed by atoms with Crippen molar-refractivity contribution in [1.29, 1.82) is 0 Å². The number of rotatable bonds is 4. The topological polar surface area (TPSA) is 29.9 Å². The Balaban J connectivity index is 1.91. The van der Waals surface area contributed by atoms with E-state index in [1.165, 1.54) is 19.3 Å². The maximum atomic E-state index is 4.39. The van der Waals surface area contributed by atoms with Crippen molar-refractivity contribution >= 4 is 5.69 Å². The van der Waals surface area contributed by atoms with Crippen molar-refractivity contribution in [2.45, 2.75) is 58.5 Å². The highest BCUT2D eigenvalue weighted by molar-refractivity contribution is 5.39. The molecule has 90 valence electrons. The van der Waals surface area contributed by atoms with E-state index in [1.807, 2.05) is 10.9 Å². The summed E-state index contributed by atoms with van der Waals surface area (Å²) in [5.41, 5.74) is 1.21. The van der Waals surface area contributed by atoms with Gasteiger partial charge < -0.3 is 5.32 Å². The predicted molar refractivity (Wildman–Crippen MR) is 67.6 cm³/mol. The van der Waals surface area contributed by atoms with E-state index in [2.05, 4.69) is 44.3 Å². The molecule has 0 amide bonds. The van der Waals surface area contributed by atoms with Gasteiger partial charge in [0.15, 0.2) is 0 Å². The van der Waals surface area contributed by atoms with Crippen LogP contribution in [0.15, 0.2) is 12.4 Å². The molecule has 1 N–H and O–H groups in total. The van der Waals surface area contributed by atoms with Gasteiger partial charge in [-0.2, -0.15) is 5.10 Å². The first-order chi connectivity index (χ1) is 7.45. The van der Waals surface area contributed by atoms with E-state index in [0.717, 1.165) is 11.6 Å². The summed E-state index contributed by atoms with van der Waals surface area (Å²) in [7, 11) is 0. The second-order valence-electron chi connectivity index (χ2n) is 6.07. The number of anilines is 1. The van der Waals surface area contributed by atoms with E-state index in [9.17, 15) is 0 Å². The molecule has 1 aromatic heterocycles. The summed E-state index contributed by atoms with van der Waals surface area (Å²) in [6, 6.07) is 0.560. The standard InChI is InChI=1S/C13H23N3/c1-10(7-11-5-6-11)15-12-8-14-16(9-12)13(2,3)4/h8-11,15H,5-7H2,1-4H3. The van der Waals surface area contributed by atoms with Gasteiger partial charge >= 0.3 is 0 Å². The number of hydrogen-bond donors (Lipinski definition) is 1. The maximum Gasteiger partial charge on any atom is 0.0728 e. The van der Waals surface area contributed by atoms with Crippen molar-refractivity contribution in [3.8, 4) is 0 Å². The van der Waals surface area contributed by atoms with Crippen molar-refractivity contribution in [3.05, 3.63) is 12.4 Å². The Morgan fingerprint density at radius 3 is 2.69 bits per heavy atom. The number of nitrogens with zero attached hydrogens (tertiary/aromatic N) is 2. The van der Waals surface area contributed by atoms with Crippen molar-refractivity contribution in [2.75, 3.05) is 5.32 Å². The lowest BCUT2D eigenvalue weighted by atomic mass is 10.1. The van der Waals surface area contributed by atoms with Gasteiger partial charge in [0.25, 0.3) is 0 Å². The van der Waals surface area contributed by atoms with Crippen LogP contribution in [0.25, 0.3) is 0 Å². The summed E-state index contributed by atoms with van der Waals surface area (Å²) in [5.74, 6) is 0.972. The van der Waals surface area contributed by atoms with Gasteiger partial charge in [0.1, 0.15) is 0 Å². The van der Waals surface area contributed by atoms with E-state index in [-0.39, 0.29) is 5.54 Å². The maximum absolute atomic E-state index is 4.39. The Hall–Kier alpha value is -0.990. The van der Waals surface area contributed by atoms with Crippen LogP contribution in [0.1, 0.15) is 47.0 Å². The molecule has 2 rings (SSSR count). The van der Waals surface area contributed by atoms with Crippen LogP contribution in [0, 0.1) is 5.92 Å². The first-order valence-corrected chi connectivity index (χ1v) is 6.27. The summed E-state index contributed by atoms with van der Waals surface area (Å²) in [6.45, 7) is 8.75. The SMILES string of the molecule is CC(CC1CC1)Nc1cnn(C(C)(C)C)c1. The lowest BCUT2D eigenvalue weighted by Gasteiger charge is -2.19. The molecule has 1 unspecified atom stereocenters. The predicted octanol–water partition coefficient (Wildman–Crippen LogP) is 3.24. The van der Waals surface area contributed by atoms with Crippen LogP contribution >= 0.6 is 0 Å². The fraction of sp³-hybridized carbons (Fsp3) is 0.769. The highest BCUT2D eigenvalue weighted by Gasteiger charge is 2.23. The molecule has 3 nitrogen and oxygen atoms in total. The molecule has 1 atom stereocenters.